The largest absolute Gasteiger partial charge is 0.294 e. The van der Waals surface area contributed by atoms with Gasteiger partial charge in [-0.2, -0.15) is 0 Å². The lowest BCUT2D eigenvalue weighted by Crippen LogP contribution is -2.13. The van der Waals surface area contributed by atoms with Gasteiger partial charge in [0.2, 0.25) is 0 Å². The van der Waals surface area contributed by atoms with Crippen LogP contribution in [0.5, 0.6) is 0 Å². The molecule has 0 aromatic heterocycles. The summed E-state index contributed by atoms with van der Waals surface area (Å²) in [4.78, 5) is 12.1. The van der Waals surface area contributed by atoms with Gasteiger partial charge in [0.05, 0.1) is 5.02 Å². The normalized spacial score (nSPS) is 11.9. The van der Waals surface area contributed by atoms with E-state index in [1.54, 1.807) is 0 Å². The number of carbonyl (C=O) groups excluding carboxylic acids is 1. The Labute approximate surface area is 109 Å². The molecule has 0 aliphatic carbocycles. The van der Waals surface area contributed by atoms with Crippen molar-refractivity contribution in [1.29, 1.82) is 0 Å². The number of benzene rings is 1. The molecule has 0 atom stereocenters. The molecule has 0 radical (unpaired) electrons. The first-order valence-corrected chi connectivity index (χ1v) is 6.43. The molecule has 1 rings (SSSR count). The molecule has 0 aliphatic rings. The minimum absolute atomic E-state index is 0.0391. The monoisotopic (exact) mass is 252 g/mol. The van der Waals surface area contributed by atoms with Crippen molar-refractivity contribution >= 4 is 17.4 Å². The summed E-state index contributed by atoms with van der Waals surface area (Å²) in [6, 6.07) is 5.76. The fraction of sp³-hybridized carbons (Fsp3) is 0.533. The average molecular weight is 253 g/mol. The van der Waals surface area contributed by atoms with E-state index in [-0.39, 0.29) is 11.2 Å². The van der Waals surface area contributed by atoms with Crippen LogP contribution in [-0.2, 0) is 5.41 Å². The van der Waals surface area contributed by atoms with E-state index in [0.29, 0.717) is 22.9 Å². The van der Waals surface area contributed by atoms with Crippen LogP contribution in [0, 0.1) is 5.92 Å². The Morgan fingerprint density at radius 2 is 1.88 bits per heavy atom. The Bertz CT molecular complexity index is 413. The molecular formula is C15H21ClO. The lowest BCUT2D eigenvalue weighted by molar-refractivity contribution is 0.0968. The summed E-state index contributed by atoms with van der Waals surface area (Å²) < 4.78 is 0. The molecular weight excluding hydrogens is 232 g/mol. The van der Waals surface area contributed by atoms with Crippen molar-refractivity contribution in [1.82, 2.24) is 0 Å². The second-order valence-corrected chi connectivity index (χ2v) is 6.37. The molecule has 0 spiro atoms. The summed E-state index contributed by atoms with van der Waals surface area (Å²) in [5.74, 6) is 0.493. The zero-order chi connectivity index (χ0) is 13.2. The van der Waals surface area contributed by atoms with Gasteiger partial charge in [-0.05, 0) is 29.0 Å². The Morgan fingerprint density at radius 3 is 2.35 bits per heavy atom. The molecule has 94 valence electrons. The van der Waals surface area contributed by atoms with E-state index in [1.807, 2.05) is 32.0 Å². The number of rotatable bonds is 3. The quantitative estimate of drug-likeness (QED) is 0.702. The first-order valence-electron chi connectivity index (χ1n) is 6.05. The smallest absolute Gasteiger partial charge is 0.164 e. The van der Waals surface area contributed by atoms with Gasteiger partial charge in [-0.25, -0.2) is 0 Å². The van der Waals surface area contributed by atoms with Crippen molar-refractivity contribution in [2.75, 3.05) is 0 Å². The van der Waals surface area contributed by atoms with Crippen LogP contribution in [0.4, 0.5) is 0 Å². The Kier molecular flexibility index (Phi) is 4.37. The topological polar surface area (TPSA) is 17.1 Å². The maximum absolute atomic E-state index is 12.1. The van der Waals surface area contributed by atoms with Gasteiger partial charge in [-0.1, -0.05) is 52.3 Å². The number of Topliss-reactive ketones (excluding diaryl/α,β-unsaturated/α-hetero) is 1. The van der Waals surface area contributed by atoms with Crippen molar-refractivity contribution in [3.05, 3.63) is 34.3 Å². The van der Waals surface area contributed by atoms with E-state index in [0.717, 1.165) is 5.56 Å². The van der Waals surface area contributed by atoms with Crippen molar-refractivity contribution < 1.29 is 4.79 Å². The summed E-state index contributed by atoms with van der Waals surface area (Å²) in [5.41, 5.74) is 1.85. The molecule has 0 N–H and O–H groups in total. The van der Waals surface area contributed by atoms with Gasteiger partial charge < -0.3 is 0 Å². The SMILES string of the molecule is CC(C)CC(=O)c1cc(C(C)(C)C)ccc1Cl. The zero-order valence-electron chi connectivity index (χ0n) is 11.3. The van der Waals surface area contributed by atoms with E-state index in [9.17, 15) is 4.79 Å². The van der Waals surface area contributed by atoms with Gasteiger partial charge in [0.25, 0.3) is 0 Å². The summed E-state index contributed by atoms with van der Waals surface area (Å²) in [5, 5.41) is 0.559. The molecule has 0 aliphatic heterocycles. The standard InChI is InChI=1S/C15H21ClO/c1-10(2)8-14(17)12-9-11(15(3,4)5)6-7-13(12)16/h6-7,9-10H,8H2,1-5H3. The second kappa shape index (κ2) is 5.22. The summed E-state index contributed by atoms with van der Waals surface area (Å²) in [6.45, 7) is 10.5. The molecule has 1 nitrogen and oxygen atoms in total. The van der Waals surface area contributed by atoms with Crippen molar-refractivity contribution in [3.63, 3.8) is 0 Å². The van der Waals surface area contributed by atoms with Crippen molar-refractivity contribution in [2.24, 2.45) is 5.92 Å². The van der Waals surface area contributed by atoms with Crippen LogP contribution in [-0.4, -0.2) is 5.78 Å². The highest BCUT2D eigenvalue weighted by molar-refractivity contribution is 6.34. The second-order valence-electron chi connectivity index (χ2n) is 5.97. The van der Waals surface area contributed by atoms with Crippen molar-refractivity contribution in [2.45, 2.75) is 46.5 Å². The number of carbonyl (C=O) groups is 1. The summed E-state index contributed by atoms with van der Waals surface area (Å²) in [6.07, 6.45) is 0.549. The van der Waals surface area contributed by atoms with E-state index < -0.39 is 0 Å². The molecule has 0 amide bonds. The van der Waals surface area contributed by atoms with Crippen LogP contribution in [0.3, 0.4) is 0 Å². The van der Waals surface area contributed by atoms with Gasteiger partial charge in [-0.3, -0.25) is 4.79 Å². The summed E-state index contributed by atoms with van der Waals surface area (Å²) in [7, 11) is 0. The maximum Gasteiger partial charge on any atom is 0.164 e. The third kappa shape index (κ3) is 3.85. The Balaban J connectivity index is 3.11. The predicted octanol–water partition coefficient (Wildman–Crippen LogP) is 4.87. The molecule has 2 heteroatoms. The molecule has 1 aromatic rings. The molecule has 0 fully saturated rings. The van der Waals surface area contributed by atoms with E-state index in [1.165, 1.54) is 0 Å². The molecule has 1 aromatic carbocycles. The van der Waals surface area contributed by atoms with Crippen LogP contribution in [0.1, 0.15) is 57.0 Å². The van der Waals surface area contributed by atoms with Gasteiger partial charge >= 0.3 is 0 Å². The Hall–Kier alpha value is -0.820. The third-order valence-corrected chi connectivity index (χ3v) is 3.06. The molecule has 17 heavy (non-hydrogen) atoms. The van der Waals surface area contributed by atoms with Crippen LogP contribution < -0.4 is 0 Å². The van der Waals surface area contributed by atoms with Crippen molar-refractivity contribution in [3.8, 4) is 0 Å². The Morgan fingerprint density at radius 1 is 1.29 bits per heavy atom. The van der Waals surface area contributed by atoms with Crippen LogP contribution in [0.25, 0.3) is 0 Å². The van der Waals surface area contributed by atoms with Crippen LogP contribution in [0.15, 0.2) is 18.2 Å². The molecule has 0 bridgehead atoms. The highest BCUT2D eigenvalue weighted by atomic mass is 35.5. The number of hydrogen-bond donors (Lipinski definition) is 0. The average Bonchev–Trinajstić information content (AvgIpc) is 2.15. The molecule has 0 saturated heterocycles. The fourth-order valence-electron chi connectivity index (χ4n) is 1.69. The van der Waals surface area contributed by atoms with E-state index in [4.69, 9.17) is 11.6 Å². The maximum atomic E-state index is 12.1. The minimum atomic E-state index is 0.0391. The lowest BCUT2D eigenvalue weighted by Gasteiger charge is -2.20. The number of hydrogen-bond acceptors (Lipinski definition) is 1. The van der Waals surface area contributed by atoms with E-state index in [2.05, 4.69) is 20.8 Å². The van der Waals surface area contributed by atoms with Gasteiger partial charge in [0.1, 0.15) is 0 Å². The third-order valence-electron chi connectivity index (χ3n) is 2.73. The number of halogens is 1. The lowest BCUT2D eigenvalue weighted by atomic mass is 9.85. The van der Waals surface area contributed by atoms with Crippen LogP contribution >= 0.6 is 11.6 Å². The molecule has 0 unspecified atom stereocenters. The predicted molar refractivity (Wildman–Crippen MR) is 73.9 cm³/mol. The zero-order valence-corrected chi connectivity index (χ0v) is 12.1. The molecule has 0 saturated carbocycles. The first kappa shape index (κ1) is 14.2. The highest BCUT2D eigenvalue weighted by Gasteiger charge is 2.18. The van der Waals surface area contributed by atoms with Gasteiger partial charge in [0, 0.05) is 12.0 Å². The van der Waals surface area contributed by atoms with E-state index >= 15 is 0 Å². The fourth-order valence-corrected chi connectivity index (χ4v) is 1.91. The molecule has 0 heterocycles. The van der Waals surface area contributed by atoms with Gasteiger partial charge in [0.15, 0.2) is 5.78 Å². The minimum Gasteiger partial charge on any atom is -0.294 e. The first-order chi connectivity index (χ1) is 7.71. The number of ketones is 1. The van der Waals surface area contributed by atoms with Crippen LogP contribution in [0.2, 0.25) is 5.02 Å². The van der Waals surface area contributed by atoms with Gasteiger partial charge in [-0.15, -0.1) is 0 Å². The highest BCUT2D eigenvalue weighted by Crippen LogP contribution is 2.27. The summed E-state index contributed by atoms with van der Waals surface area (Å²) >= 11 is 6.10.